The normalized spacial score (nSPS) is 21.0. The maximum atomic E-state index is 13.7. The summed E-state index contributed by atoms with van der Waals surface area (Å²) in [5.74, 6) is 0.489. The maximum Gasteiger partial charge on any atom is 0.246 e. The molecule has 2 saturated heterocycles. The third kappa shape index (κ3) is 5.33. The molecule has 1 aromatic carbocycles. The molecule has 7 heteroatoms. The Morgan fingerprint density at radius 1 is 1.05 bits per heavy atom. The third-order valence-electron chi connectivity index (χ3n) is 8.28. The van der Waals surface area contributed by atoms with E-state index in [1.807, 2.05) is 4.90 Å². The summed E-state index contributed by atoms with van der Waals surface area (Å²) in [5.41, 5.74) is 4.05. The summed E-state index contributed by atoms with van der Waals surface area (Å²) in [6.07, 6.45) is 5.65. The van der Waals surface area contributed by atoms with Gasteiger partial charge in [-0.3, -0.25) is 19.6 Å². The Morgan fingerprint density at radius 3 is 2.35 bits per heavy atom. The zero-order valence-corrected chi connectivity index (χ0v) is 23.3. The van der Waals surface area contributed by atoms with Gasteiger partial charge in [-0.05, 0) is 50.0 Å². The van der Waals surface area contributed by atoms with E-state index in [4.69, 9.17) is 0 Å². The molecule has 4 rings (SSSR count). The van der Waals surface area contributed by atoms with Gasteiger partial charge < -0.3 is 10.2 Å². The van der Waals surface area contributed by atoms with Gasteiger partial charge in [0, 0.05) is 30.9 Å². The minimum Gasteiger partial charge on any atom is -0.342 e. The summed E-state index contributed by atoms with van der Waals surface area (Å²) in [6, 6.07) is 10.3. The van der Waals surface area contributed by atoms with Crippen molar-refractivity contribution in [2.75, 3.05) is 19.6 Å². The molecule has 2 atom stereocenters. The molecule has 2 fully saturated rings. The quantitative estimate of drug-likeness (QED) is 0.491. The molecule has 2 N–H and O–H groups in total. The van der Waals surface area contributed by atoms with Gasteiger partial charge in [0.15, 0.2) is 0 Å². The standard InChI is InChI=1S/C30H45N5O2/c1-6-9-17-35-28(36)25(20-21(4)5)31-29(37)30(35)15-18-34(19-16-30)27(22-13-11-10-12-14-22)26-23(7-2)32-33-24(26)8-3/h10-14,21,25,27H,6-9,15-20H2,1-5H3,(H,31,37)(H,32,33). The summed E-state index contributed by atoms with van der Waals surface area (Å²) >= 11 is 0. The molecule has 3 heterocycles. The van der Waals surface area contributed by atoms with Crippen LogP contribution in [-0.4, -0.2) is 63.0 Å². The lowest BCUT2D eigenvalue weighted by atomic mass is 9.79. The number of nitrogens with zero attached hydrogens (tertiary/aromatic N) is 3. The van der Waals surface area contributed by atoms with Crippen LogP contribution in [0.1, 0.15) is 95.3 Å². The molecule has 202 valence electrons. The fraction of sp³-hybridized carbons (Fsp3) is 0.633. The van der Waals surface area contributed by atoms with Crippen molar-refractivity contribution in [2.24, 2.45) is 5.92 Å². The molecular weight excluding hydrogens is 462 g/mol. The highest BCUT2D eigenvalue weighted by molar-refractivity contribution is 6.00. The number of aromatic amines is 1. The van der Waals surface area contributed by atoms with Crippen LogP contribution in [0.5, 0.6) is 0 Å². The Kier molecular flexibility index (Phi) is 8.73. The molecule has 2 amide bonds. The summed E-state index contributed by atoms with van der Waals surface area (Å²) < 4.78 is 0. The Bertz CT molecular complexity index is 1030. The van der Waals surface area contributed by atoms with Crippen LogP contribution in [0.4, 0.5) is 0 Å². The van der Waals surface area contributed by atoms with Crippen molar-refractivity contribution in [3.63, 3.8) is 0 Å². The van der Waals surface area contributed by atoms with E-state index in [1.165, 1.54) is 16.8 Å². The van der Waals surface area contributed by atoms with Crippen LogP contribution in [-0.2, 0) is 22.4 Å². The summed E-state index contributed by atoms with van der Waals surface area (Å²) in [6.45, 7) is 12.8. The number of rotatable bonds is 10. The molecule has 37 heavy (non-hydrogen) atoms. The van der Waals surface area contributed by atoms with Gasteiger partial charge in [-0.1, -0.05) is 71.4 Å². The number of nitrogens with one attached hydrogen (secondary N) is 2. The van der Waals surface area contributed by atoms with Crippen LogP contribution < -0.4 is 5.32 Å². The second-order valence-corrected chi connectivity index (χ2v) is 11.1. The Hall–Kier alpha value is -2.67. The number of aromatic nitrogens is 2. The Morgan fingerprint density at radius 2 is 1.76 bits per heavy atom. The largest absolute Gasteiger partial charge is 0.342 e. The second kappa shape index (κ2) is 11.8. The molecule has 7 nitrogen and oxygen atoms in total. The van der Waals surface area contributed by atoms with Gasteiger partial charge in [-0.2, -0.15) is 5.10 Å². The van der Waals surface area contributed by atoms with E-state index >= 15 is 0 Å². The number of carbonyl (C=O) groups is 2. The average Bonchev–Trinajstić information content (AvgIpc) is 3.31. The highest BCUT2D eigenvalue weighted by Crippen LogP contribution is 2.40. The van der Waals surface area contributed by atoms with Crippen molar-refractivity contribution >= 4 is 11.8 Å². The molecule has 1 spiro atoms. The van der Waals surface area contributed by atoms with Gasteiger partial charge in [0.25, 0.3) is 0 Å². The molecule has 2 aliphatic rings. The van der Waals surface area contributed by atoms with Crippen molar-refractivity contribution in [3.05, 3.63) is 52.8 Å². The predicted octanol–water partition coefficient (Wildman–Crippen LogP) is 4.63. The van der Waals surface area contributed by atoms with Crippen molar-refractivity contribution < 1.29 is 9.59 Å². The average molecular weight is 508 g/mol. The van der Waals surface area contributed by atoms with Crippen LogP contribution in [0.2, 0.25) is 0 Å². The number of hydrogen-bond acceptors (Lipinski definition) is 4. The van der Waals surface area contributed by atoms with E-state index < -0.39 is 11.6 Å². The van der Waals surface area contributed by atoms with Gasteiger partial charge in [-0.25, -0.2) is 0 Å². The molecule has 0 bridgehead atoms. The summed E-state index contributed by atoms with van der Waals surface area (Å²) in [4.78, 5) is 31.8. The van der Waals surface area contributed by atoms with Crippen molar-refractivity contribution in [2.45, 2.75) is 97.2 Å². The first kappa shape index (κ1) is 27.4. The van der Waals surface area contributed by atoms with Crippen LogP contribution in [0.25, 0.3) is 0 Å². The second-order valence-electron chi connectivity index (χ2n) is 11.1. The molecule has 0 saturated carbocycles. The smallest absolute Gasteiger partial charge is 0.246 e. The van der Waals surface area contributed by atoms with Crippen LogP contribution >= 0.6 is 0 Å². The number of likely N-dealkylation sites (tertiary alicyclic amines) is 1. The minimum atomic E-state index is -0.755. The highest BCUT2D eigenvalue weighted by Gasteiger charge is 2.54. The molecule has 2 aliphatic heterocycles. The Balaban J connectivity index is 1.65. The first-order valence-electron chi connectivity index (χ1n) is 14.3. The first-order chi connectivity index (χ1) is 17.9. The number of hydrogen-bond donors (Lipinski definition) is 2. The zero-order valence-electron chi connectivity index (χ0n) is 23.3. The van der Waals surface area contributed by atoms with E-state index in [2.05, 4.69) is 85.4 Å². The number of benzene rings is 1. The van der Waals surface area contributed by atoms with Crippen LogP contribution in [0.15, 0.2) is 30.3 Å². The molecule has 2 aromatic rings. The van der Waals surface area contributed by atoms with E-state index in [9.17, 15) is 9.59 Å². The van der Waals surface area contributed by atoms with Gasteiger partial charge >= 0.3 is 0 Å². The lowest BCUT2D eigenvalue weighted by molar-refractivity contribution is -0.162. The minimum absolute atomic E-state index is 0.0385. The van der Waals surface area contributed by atoms with Crippen molar-refractivity contribution in [1.29, 1.82) is 0 Å². The maximum absolute atomic E-state index is 13.7. The number of piperazine rings is 1. The number of carbonyl (C=O) groups excluding carboxylic acids is 2. The molecule has 1 aromatic heterocycles. The predicted molar refractivity (Wildman–Crippen MR) is 147 cm³/mol. The van der Waals surface area contributed by atoms with Crippen LogP contribution in [0.3, 0.4) is 0 Å². The van der Waals surface area contributed by atoms with E-state index in [0.717, 1.165) is 44.5 Å². The number of piperidine rings is 1. The van der Waals surface area contributed by atoms with E-state index in [-0.39, 0.29) is 17.9 Å². The van der Waals surface area contributed by atoms with Crippen molar-refractivity contribution in [3.8, 4) is 0 Å². The monoisotopic (exact) mass is 507 g/mol. The lowest BCUT2D eigenvalue weighted by Crippen LogP contribution is -2.73. The van der Waals surface area contributed by atoms with Gasteiger partial charge in [-0.15, -0.1) is 0 Å². The lowest BCUT2D eigenvalue weighted by Gasteiger charge is -2.52. The SMILES string of the molecule is CCCCN1C(=O)C(CC(C)C)NC(=O)C12CCN(C(c1ccccc1)c1c(CC)n[nH]c1CC)CC2. The zero-order chi connectivity index (χ0) is 26.6. The molecule has 2 unspecified atom stereocenters. The van der Waals surface area contributed by atoms with Gasteiger partial charge in [0.1, 0.15) is 11.6 Å². The highest BCUT2D eigenvalue weighted by atomic mass is 16.2. The summed E-state index contributed by atoms with van der Waals surface area (Å²) in [5, 5.41) is 11.1. The Labute approximate surface area is 222 Å². The number of aryl methyl sites for hydroxylation is 2. The molecule has 0 radical (unpaired) electrons. The first-order valence-corrected chi connectivity index (χ1v) is 14.3. The van der Waals surface area contributed by atoms with Crippen LogP contribution in [0, 0.1) is 5.92 Å². The number of unbranched alkanes of at least 4 members (excludes halogenated alkanes) is 1. The fourth-order valence-electron chi connectivity index (χ4n) is 6.28. The summed E-state index contributed by atoms with van der Waals surface area (Å²) in [7, 11) is 0. The molecular formula is C30H45N5O2. The van der Waals surface area contributed by atoms with E-state index in [1.54, 1.807) is 0 Å². The van der Waals surface area contributed by atoms with Gasteiger partial charge in [0.05, 0.1) is 11.7 Å². The molecule has 0 aliphatic carbocycles. The van der Waals surface area contributed by atoms with E-state index in [0.29, 0.717) is 31.7 Å². The third-order valence-corrected chi connectivity index (χ3v) is 8.28. The topological polar surface area (TPSA) is 81.3 Å². The number of H-pyrrole nitrogens is 1. The van der Waals surface area contributed by atoms with Crippen molar-refractivity contribution in [1.82, 2.24) is 25.3 Å². The fourth-order valence-corrected chi connectivity index (χ4v) is 6.28. The number of amides is 2. The van der Waals surface area contributed by atoms with Gasteiger partial charge in [0.2, 0.25) is 11.8 Å².